The van der Waals surface area contributed by atoms with E-state index < -0.39 is 5.09 Å². The summed E-state index contributed by atoms with van der Waals surface area (Å²) in [5.41, 5.74) is 0.960. The zero-order valence-electron chi connectivity index (χ0n) is 8.33. The molecule has 0 saturated carbocycles. The van der Waals surface area contributed by atoms with Crippen molar-refractivity contribution < 1.29 is 15.4 Å². The molecule has 0 aliphatic carbocycles. The van der Waals surface area contributed by atoms with Gasteiger partial charge >= 0.3 is 0 Å². The Morgan fingerprint density at radius 2 is 1.93 bits per heavy atom. The molecule has 84 valence electrons. The number of aliphatic hydroxyl groups excluding tert-OH is 1. The Morgan fingerprint density at radius 3 is 2.33 bits per heavy atom. The Kier molecular flexibility index (Phi) is 6.86. The number of rotatable bonds is 3. The highest BCUT2D eigenvalue weighted by atomic mass is 16.9. The third-order valence-electron chi connectivity index (χ3n) is 1.58. The Bertz CT molecular complexity index is 275. The molecule has 1 aromatic rings. The summed E-state index contributed by atoms with van der Waals surface area (Å²) in [6, 6.07) is 9.63. The van der Waals surface area contributed by atoms with Crippen LogP contribution < -0.4 is 5.32 Å². The van der Waals surface area contributed by atoms with Gasteiger partial charge in [0.1, 0.15) is 0 Å². The lowest BCUT2D eigenvalue weighted by atomic mass is 10.1. The van der Waals surface area contributed by atoms with E-state index in [2.05, 4.69) is 5.32 Å². The molecule has 0 amide bonds. The van der Waals surface area contributed by atoms with E-state index in [0.29, 0.717) is 6.54 Å². The van der Waals surface area contributed by atoms with Crippen molar-refractivity contribution in [1.29, 1.82) is 0 Å². The standard InChI is InChI=1S/C9H13NO.HNO3/c1-10-7-9(11)8-5-3-2-4-6-8;2-1(3)4/h2-6,9-11H,7H2,1H3;(H,2,3,4)/t9-;/m0./s1. The van der Waals surface area contributed by atoms with E-state index in [1.165, 1.54) is 0 Å². The molecule has 15 heavy (non-hydrogen) atoms. The summed E-state index contributed by atoms with van der Waals surface area (Å²) in [5.74, 6) is 0. The van der Waals surface area contributed by atoms with Crippen LogP contribution in [0.25, 0.3) is 0 Å². The van der Waals surface area contributed by atoms with Crippen molar-refractivity contribution >= 4 is 0 Å². The van der Waals surface area contributed by atoms with Crippen molar-refractivity contribution in [1.82, 2.24) is 5.32 Å². The van der Waals surface area contributed by atoms with Crippen LogP contribution in [0.5, 0.6) is 0 Å². The minimum absolute atomic E-state index is 0.388. The zero-order chi connectivity index (χ0) is 11.7. The van der Waals surface area contributed by atoms with Gasteiger partial charge < -0.3 is 15.6 Å². The first-order valence-electron chi connectivity index (χ1n) is 4.28. The summed E-state index contributed by atoms with van der Waals surface area (Å²) in [7, 11) is 1.83. The largest absolute Gasteiger partial charge is 0.387 e. The molecule has 1 rings (SSSR count). The Balaban J connectivity index is 0.000000423. The van der Waals surface area contributed by atoms with Crippen LogP contribution in [0.4, 0.5) is 0 Å². The van der Waals surface area contributed by atoms with Crippen LogP contribution in [0.15, 0.2) is 30.3 Å². The first-order chi connectivity index (χ1) is 7.07. The van der Waals surface area contributed by atoms with Crippen molar-refractivity contribution in [3.8, 4) is 0 Å². The SMILES string of the molecule is CNC[C@H](O)c1ccccc1.O=[N+]([O-])O. The first-order valence-corrected chi connectivity index (χ1v) is 4.28. The van der Waals surface area contributed by atoms with Crippen LogP contribution in [0.3, 0.4) is 0 Å². The third-order valence-corrected chi connectivity index (χ3v) is 1.58. The van der Waals surface area contributed by atoms with Gasteiger partial charge in [-0.3, -0.25) is 0 Å². The number of likely N-dealkylation sites (N-methyl/N-ethyl adjacent to an activating group) is 1. The van der Waals surface area contributed by atoms with E-state index in [0.717, 1.165) is 5.56 Å². The monoisotopic (exact) mass is 214 g/mol. The number of hydrogen-bond donors (Lipinski definition) is 3. The maximum atomic E-state index is 9.46. The molecular weight excluding hydrogens is 200 g/mol. The normalized spacial score (nSPS) is 11.1. The molecule has 0 aromatic heterocycles. The van der Waals surface area contributed by atoms with E-state index in [4.69, 9.17) is 15.3 Å². The van der Waals surface area contributed by atoms with Gasteiger partial charge in [0.25, 0.3) is 5.09 Å². The van der Waals surface area contributed by atoms with Crippen molar-refractivity contribution in [2.24, 2.45) is 0 Å². The fourth-order valence-electron chi connectivity index (χ4n) is 0.986. The highest BCUT2D eigenvalue weighted by Gasteiger charge is 2.03. The van der Waals surface area contributed by atoms with Crippen LogP contribution in [0.2, 0.25) is 0 Å². The molecule has 1 aromatic carbocycles. The maximum absolute atomic E-state index is 9.46. The number of benzene rings is 1. The van der Waals surface area contributed by atoms with Gasteiger partial charge in [-0.1, -0.05) is 30.3 Å². The number of nitrogens with zero attached hydrogens (tertiary/aromatic N) is 1. The summed E-state index contributed by atoms with van der Waals surface area (Å²) >= 11 is 0. The summed E-state index contributed by atoms with van der Waals surface area (Å²) in [6.45, 7) is 0.601. The summed E-state index contributed by atoms with van der Waals surface area (Å²) in [5, 5.41) is 26.0. The number of aliphatic hydroxyl groups is 1. The molecule has 6 heteroatoms. The highest BCUT2D eigenvalue weighted by Crippen LogP contribution is 2.09. The molecule has 0 heterocycles. The molecule has 0 fully saturated rings. The third kappa shape index (κ3) is 7.41. The van der Waals surface area contributed by atoms with Gasteiger partial charge in [-0.15, -0.1) is 10.1 Å². The molecular formula is C9H14N2O4. The second kappa shape index (κ2) is 7.72. The molecule has 0 aliphatic heterocycles. The van der Waals surface area contributed by atoms with Gasteiger partial charge in [-0.25, -0.2) is 0 Å². The lowest BCUT2D eigenvalue weighted by Crippen LogP contribution is -2.16. The molecule has 0 spiro atoms. The molecule has 1 atom stereocenters. The second-order valence-corrected chi connectivity index (χ2v) is 2.72. The summed E-state index contributed by atoms with van der Waals surface area (Å²) in [4.78, 5) is 8.36. The molecule has 6 nitrogen and oxygen atoms in total. The van der Waals surface area contributed by atoms with Crippen molar-refractivity contribution in [2.45, 2.75) is 6.10 Å². The number of nitrogens with one attached hydrogen (secondary N) is 1. The summed E-state index contributed by atoms with van der Waals surface area (Å²) < 4.78 is 0. The topological polar surface area (TPSA) is 95.6 Å². The van der Waals surface area contributed by atoms with Gasteiger partial charge in [-0.05, 0) is 12.6 Å². The Hall–Kier alpha value is -1.66. The smallest absolute Gasteiger partial charge is 0.291 e. The average Bonchev–Trinajstić information content (AvgIpc) is 2.19. The molecule has 0 saturated heterocycles. The van der Waals surface area contributed by atoms with E-state index >= 15 is 0 Å². The van der Waals surface area contributed by atoms with Crippen LogP contribution in [0, 0.1) is 10.1 Å². The van der Waals surface area contributed by atoms with Gasteiger partial charge in [0.2, 0.25) is 0 Å². The molecule has 0 radical (unpaired) electrons. The molecule has 0 aliphatic rings. The average molecular weight is 214 g/mol. The minimum atomic E-state index is -1.50. The van der Waals surface area contributed by atoms with E-state index in [1.807, 2.05) is 37.4 Å². The summed E-state index contributed by atoms with van der Waals surface area (Å²) in [6.07, 6.45) is -0.388. The lowest BCUT2D eigenvalue weighted by molar-refractivity contribution is -0.742. The van der Waals surface area contributed by atoms with E-state index in [1.54, 1.807) is 0 Å². The van der Waals surface area contributed by atoms with Crippen LogP contribution in [-0.2, 0) is 0 Å². The lowest BCUT2D eigenvalue weighted by Gasteiger charge is -2.08. The van der Waals surface area contributed by atoms with E-state index in [9.17, 15) is 5.11 Å². The minimum Gasteiger partial charge on any atom is -0.387 e. The Morgan fingerprint density at radius 1 is 1.47 bits per heavy atom. The van der Waals surface area contributed by atoms with Crippen LogP contribution >= 0.6 is 0 Å². The first kappa shape index (κ1) is 13.3. The quantitative estimate of drug-likeness (QED) is 0.505. The van der Waals surface area contributed by atoms with Crippen molar-refractivity contribution in [3.63, 3.8) is 0 Å². The second-order valence-electron chi connectivity index (χ2n) is 2.72. The highest BCUT2D eigenvalue weighted by molar-refractivity contribution is 5.17. The maximum Gasteiger partial charge on any atom is 0.291 e. The Labute approximate surface area is 87.3 Å². The fourth-order valence-corrected chi connectivity index (χ4v) is 0.986. The van der Waals surface area contributed by atoms with Gasteiger partial charge in [0.15, 0.2) is 0 Å². The zero-order valence-corrected chi connectivity index (χ0v) is 8.33. The van der Waals surface area contributed by atoms with Crippen molar-refractivity contribution in [3.05, 3.63) is 46.0 Å². The molecule has 0 bridgehead atoms. The van der Waals surface area contributed by atoms with Crippen LogP contribution in [0.1, 0.15) is 11.7 Å². The van der Waals surface area contributed by atoms with Gasteiger partial charge in [0, 0.05) is 6.54 Å². The van der Waals surface area contributed by atoms with Gasteiger partial charge in [0.05, 0.1) is 6.10 Å². The predicted molar refractivity (Wildman–Crippen MR) is 54.1 cm³/mol. The fraction of sp³-hybridized carbons (Fsp3) is 0.333. The van der Waals surface area contributed by atoms with Crippen LogP contribution in [-0.4, -0.2) is 29.0 Å². The van der Waals surface area contributed by atoms with E-state index in [-0.39, 0.29) is 6.10 Å². The van der Waals surface area contributed by atoms with Crippen molar-refractivity contribution in [2.75, 3.05) is 13.6 Å². The van der Waals surface area contributed by atoms with Gasteiger partial charge in [-0.2, -0.15) is 0 Å². The molecule has 0 unspecified atom stereocenters. The number of hydrogen-bond acceptors (Lipinski definition) is 4. The molecule has 3 N–H and O–H groups in total. The predicted octanol–water partition coefficient (Wildman–Crippen LogP) is 0.592.